The minimum absolute atomic E-state index is 0.366. The highest BCUT2D eigenvalue weighted by Gasteiger charge is 2.12. The lowest BCUT2D eigenvalue weighted by molar-refractivity contribution is -0.132. The third kappa shape index (κ3) is 2.66. The maximum absolute atomic E-state index is 11.0. The van der Waals surface area contributed by atoms with Crippen LogP contribution in [-0.4, -0.2) is 11.9 Å². The molecule has 0 aromatic rings. The predicted octanol–water partition coefficient (Wildman–Crippen LogP) is 2.64. The zero-order chi connectivity index (χ0) is 13.1. The Kier molecular flexibility index (Phi) is 3.28. The number of hydrogen-bond acceptors (Lipinski definition) is 4. The Morgan fingerprint density at radius 3 is 2.33 bits per heavy atom. The van der Waals surface area contributed by atoms with Gasteiger partial charge in [-0.05, 0) is 23.8 Å². The van der Waals surface area contributed by atoms with Gasteiger partial charge in [0.15, 0.2) is 0 Å². The van der Waals surface area contributed by atoms with E-state index in [-0.39, 0.29) is 11.9 Å². The van der Waals surface area contributed by atoms with E-state index < -0.39 is 0 Å². The first-order valence-corrected chi connectivity index (χ1v) is 5.46. The van der Waals surface area contributed by atoms with Crippen molar-refractivity contribution >= 4 is 11.9 Å². The topological polar surface area (TPSA) is 52.6 Å². The molecular formula is C14H12O4. The molecule has 92 valence electrons. The van der Waals surface area contributed by atoms with Crippen molar-refractivity contribution in [3.05, 3.63) is 36.4 Å². The Hall–Kier alpha value is -2.36. The summed E-state index contributed by atoms with van der Waals surface area (Å²) in [5, 5.41) is 0. The molecule has 2 aliphatic rings. The van der Waals surface area contributed by atoms with E-state index in [1.54, 1.807) is 36.4 Å². The first kappa shape index (κ1) is 12.1. The molecule has 0 heterocycles. The Morgan fingerprint density at radius 1 is 0.944 bits per heavy atom. The molecule has 0 fully saturated rings. The van der Waals surface area contributed by atoms with Crippen LogP contribution in [-0.2, 0) is 9.59 Å². The molecule has 4 heteroatoms. The molecule has 0 bridgehead atoms. The molecular weight excluding hydrogens is 232 g/mol. The van der Waals surface area contributed by atoms with Crippen LogP contribution in [0.15, 0.2) is 36.4 Å². The molecule has 0 spiro atoms. The maximum atomic E-state index is 11.0. The fourth-order valence-electron chi connectivity index (χ4n) is 1.71. The smallest absolute Gasteiger partial charge is 0.308 e. The predicted molar refractivity (Wildman–Crippen MR) is 65.7 cm³/mol. The van der Waals surface area contributed by atoms with Crippen LogP contribution >= 0.6 is 0 Å². The second-order valence-electron chi connectivity index (χ2n) is 3.83. The molecule has 4 nitrogen and oxygen atoms in total. The summed E-state index contributed by atoms with van der Waals surface area (Å²) < 4.78 is 10.1. The van der Waals surface area contributed by atoms with Gasteiger partial charge in [0.05, 0.1) is 0 Å². The van der Waals surface area contributed by atoms with E-state index in [0.29, 0.717) is 11.5 Å². The Bertz CT molecular complexity index is 574. The van der Waals surface area contributed by atoms with Gasteiger partial charge >= 0.3 is 11.9 Å². The van der Waals surface area contributed by atoms with Crippen molar-refractivity contribution in [3.8, 4) is 22.6 Å². The molecule has 0 aromatic carbocycles. The summed E-state index contributed by atoms with van der Waals surface area (Å²) in [5.74, 6) is 0.218. The molecule has 0 amide bonds. The maximum Gasteiger partial charge on any atom is 0.308 e. The van der Waals surface area contributed by atoms with Gasteiger partial charge < -0.3 is 9.47 Å². The average Bonchev–Trinajstić information content (AvgIpc) is 2.52. The summed E-state index contributed by atoms with van der Waals surface area (Å²) in [6.07, 6.45) is 0. The summed E-state index contributed by atoms with van der Waals surface area (Å²) in [5.41, 5.74) is 1.64. The Balaban J connectivity index is 2.38. The Morgan fingerprint density at radius 2 is 1.67 bits per heavy atom. The van der Waals surface area contributed by atoms with E-state index in [1.807, 2.05) is 0 Å². The van der Waals surface area contributed by atoms with Gasteiger partial charge in [0.2, 0.25) is 0 Å². The van der Waals surface area contributed by atoms with E-state index in [1.165, 1.54) is 13.8 Å². The third-order valence-electron chi connectivity index (χ3n) is 2.33. The summed E-state index contributed by atoms with van der Waals surface area (Å²) >= 11 is 0. The van der Waals surface area contributed by atoms with Gasteiger partial charge in [-0.3, -0.25) is 9.59 Å². The lowest BCUT2D eigenvalue weighted by Gasteiger charge is -2.01. The zero-order valence-corrected chi connectivity index (χ0v) is 10.1. The molecule has 0 N–H and O–H groups in total. The van der Waals surface area contributed by atoms with Crippen LogP contribution in [0.3, 0.4) is 0 Å². The third-order valence-corrected chi connectivity index (χ3v) is 2.33. The highest BCUT2D eigenvalue weighted by Crippen LogP contribution is 2.35. The number of rotatable bonds is 2. The van der Waals surface area contributed by atoms with Gasteiger partial charge in [0.25, 0.3) is 0 Å². The molecule has 0 atom stereocenters. The van der Waals surface area contributed by atoms with Gasteiger partial charge in [-0.2, -0.15) is 0 Å². The number of carbonyl (C=O) groups is 2. The zero-order valence-electron chi connectivity index (χ0n) is 10.1. The summed E-state index contributed by atoms with van der Waals surface area (Å²) in [6.45, 7) is 2.70. The number of carbonyl (C=O) groups excluding carboxylic acids is 2. The van der Waals surface area contributed by atoms with E-state index >= 15 is 0 Å². The lowest BCUT2D eigenvalue weighted by atomic mass is 10.2. The van der Waals surface area contributed by atoms with Gasteiger partial charge in [-0.15, -0.1) is 0 Å². The molecule has 0 unspecified atom stereocenters. The Labute approximate surface area is 104 Å². The molecule has 0 saturated heterocycles. The summed E-state index contributed by atoms with van der Waals surface area (Å²) in [7, 11) is 0. The highest BCUT2D eigenvalue weighted by molar-refractivity contribution is 5.80. The summed E-state index contributed by atoms with van der Waals surface area (Å²) in [4.78, 5) is 21.9. The monoisotopic (exact) mass is 244 g/mol. The van der Waals surface area contributed by atoms with Crippen molar-refractivity contribution in [1.29, 1.82) is 0 Å². The van der Waals surface area contributed by atoms with Crippen LogP contribution < -0.4 is 9.47 Å². The summed E-state index contributed by atoms with van der Waals surface area (Å²) in [6, 6.07) is 10.5. The first-order valence-electron chi connectivity index (χ1n) is 5.46. The average molecular weight is 244 g/mol. The molecule has 18 heavy (non-hydrogen) atoms. The van der Waals surface area contributed by atoms with E-state index in [2.05, 4.69) is 0 Å². The fraction of sp³-hybridized carbons (Fsp3) is 0.143. The molecule has 2 rings (SSSR count). The molecule has 0 saturated carbocycles. The van der Waals surface area contributed by atoms with E-state index in [9.17, 15) is 9.59 Å². The fourth-order valence-corrected chi connectivity index (χ4v) is 1.71. The van der Waals surface area contributed by atoms with E-state index in [0.717, 1.165) is 11.1 Å². The van der Waals surface area contributed by atoms with Crippen molar-refractivity contribution in [2.24, 2.45) is 0 Å². The second-order valence-corrected chi connectivity index (χ2v) is 3.83. The van der Waals surface area contributed by atoms with Crippen molar-refractivity contribution in [2.75, 3.05) is 0 Å². The largest absolute Gasteiger partial charge is 0.427 e. The molecule has 0 aromatic heterocycles. The SMILES string of the molecule is CC(=O)Oc1cccc2c(OC(C)=O)ccc-2c1. The highest BCUT2D eigenvalue weighted by atomic mass is 16.5. The van der Waals surface area contributed by atoms with Crippen LogP contribution in [0, 0.1) is 0 Å². The van der Waals surface area contributed by atoms with Crippen LogP contribution in [0.2, 0.25) is 0 Å². The van der Waals surface area contributed by atoms with Crippen LogP contribution in [0.4, 0.5) is 0 Å². The van der Waals surface area contributed by atoms with Gasteiger partial charge in [-0.25, -0.2) is 0 Å². The second kappa shape index (κ2) is 4.87. The number of fused-ring (bicyclic) bond motifs is 1. The van der Waals surface area contributed by atoms with Crippen LogP contribution in [0.25, 0.3) is 11.1 Å². The molecule has 0 aliphatic heterocycles. The lowest BCUT2D eigenvalue weighted by Crippen LogP contribution is -2.00. The number of ether oxygens (including phenoxy) is 2. The van der Waals surface area contributed by atoms with Crippen LogP contribution in [0.1, 0.15) is 13.8 Å². The molecule has 2 aliphatic carbocycles. The van der Waals surface area contributed by atoms with Gasteiger partial charge in [-0.1, -0.05) is 18.2 Å². The number of esters is 2. The number of hydrogen-bond donors (Lipinski definition) is 0. The van der Waals surface area contributed by atoms with Crippen molar-refractivity contribution in [2.45, 2.75) is 13.8 Å². The molecule has 0 radical (unpaired) electrons. The quantitative estimate of drug-likeness (QED) is 0.762. The first-order chi connectivity index (χ1) is 8.56. The standard InChI is InChI=1S/C14H12O4/c1-9(15)17-12-4-3-5-13-11(8-12)6-7-14(13)18-10(2)16/h3-8H,1-2H3. The van der Waals surface area contributed by atoms with Crippen molar-refractivity contribution < 1.29 is 19.1 Å². The van der Waals surface area contributed by atoms with E-state index in [4.69, 9.17) is 9.47 Å². The van der Waals surface area contributed by atoms with Crippen molar-refractivity contribution in [1.82, 2.24) is 0 Å². The minimum atomic E-state index is -0.374. The van der Waals surface area contributed by atoms with Crippen molar-refractivity contribution in [3.63, 3.8) is 0 Å². The van der Waals surface area contributed by atoms with Gasteiger partial charge in [0.1, 0.15) is 11.5 Å². The van der Waals surface area contributed by atoms with Crippen LogP contribution in [0.5, 0.6) is 11.5 Å². The normalized spacial score (nSPS) is 10.1. The minimum Gasteiger partial charge on any atom is -0.427 e. The van der Waals surface area contributed by atoms with Gasteiger partial charge in [0, 0.05) is 19.4 Å².